The van der Waals surface area contributed by atoms with Gasteiger partial charge in [0.15, 0.2) is 0 Å². The molecule has 35 heavy (non-hydrogen) atoms. The van der Waals surface area contributed by atoms with Crippen LogP contribution in [-0.4, -0.2) is 22.9 Å². The average Bonchev–Trinajstić information content (AvgIpc) is 2.80. The maximum Gasteiger partial charge on any atom is 0.407 e. The fraction of sp³-hybridized carbons (Fsp3) is 0.448. The lowest BCUT2D eigenvalue weighted by Crippen LogP contribution is -2.35. The number of alkyl carbamates (subject to hydrolysis) is 1. The second kappa shape index (κ2) is 11.4. The summed E-state index contributed by atoms with van der Waals surface area (Å²) >= 11 is 0. The lowest BCUT2D eigenvalue weighted by Gasteiger charge is -2.23. The van der Waals surface area contributed by atoms with E-state index in [2.05, 4.69) is 26.1 Å². The third kappa shape index (κ3) is 6.87. The topological polar surface area (TPSA) is 69.6 Å². The van der Waals surface area contributed by atoms with Gasteiger partial charge >= 0.3 is 6.09 Å². The number of unbranched alkanes of at least 4 members (excludes halogenated alkanes) is 1. The van der Waals surface area contributed by atoms with Gasteiger partial charge in [0.2, 0.25) is 0 Å². The Bertz CT molecular complexity index is 1210. The minimum Gasteiger partial charge on any atom is -0.491 e. The summed E-state index contributed by atoms with van der Waals surface area (Å²) in [4.78, 5) is 26.1. The Labute approximate surface area is 208 Å². The molecule has 6 nitrogen and oxygen atoms in total. The van der Waals surface area contributed by atoms with E-state index in [4.69, 9.17) is 9.47 Å². The molecule has 1 aromatic heterocycles. The van der Waals surface area contributed by atoms with Crippen LogP contribution in [-0.2, 0) is 17.8 Å². The summed E-state index contributed by atoms with van der Waals surface area (Å²) in [7, 11) is 0. The van der Waals surface area contributed by atoms with Crippen molar-refractivity contribution in [1.82, 2.24) is 9.88 Å². The van der Waals surface area contributed by atoms with Gasteiger partial charge in [0.1, 0.15) is 11.4 Å². The van der Waals surface area contributed by atoms with E-state index in [0.29, 0.717) is 30.0 Å². The Balaban J connectivity index is 2.18. The number of pyridine rings is 1. The van der Waals surface area contributed by atoms with Crippen molar-refractivity contribution in [2.75, 3.05) is 6.61 Å². The van der Waals surface area contributed by atoms with E-state index < -0.39 is 11.7 Å². The molecular weight excluding hydrogens is 440 g/mol. The van der Waals surface area contributed by atoms with E-state index in [1.54, 1.807) is 4.57 Å². The van der Waals surface area contributed by atoms with Gasteiger partial charge in [0, 0.05) is 11.9 Å². The van der Waals surface area contributed by atoms with Crippen LogP contribution < -0.4 is 15.6 Å². The monoisotopic (exact) mass is 478 g/mol. The first-order valence-corrected chi connectivity index (χ1v) is 12.4. The van der Waals surface area contributed by atoms with Crippen molar-refractivity contribution in [1.29, 1.82) is 0 Å². The first kappa shape index (κ1) is 26.3. The number of amides is 1. The van der Waals surface area contributed by atoms with Gasteiger partial charge in [0.05, 0.1) is 24.2 Å². The number of ether oxygens (including phenoxy) is 2. The SMILES string of the molecule is CCCCOc1c(CNC(=O)OC(C)(C)C)n(CC(C)C)c(=O)c2ccc(-c3ccccc3)cc12. The molecule has 2 aromatic carbocycles. The summed E-state index contributed by atoms with van der Waals surface area (Å²) in [6.45, 7) is 12.9. The van der Waals surface area contributed by atoms with Crippen molar-refractivity contribution in [3.05, 3.63) is 64.6 Å². The number of hydrogen-bond donors (Lipinski definition) is 1. The molecule has 6 heteroatoms. The van der Waals surface area contributed by atoms with Gasteiger partial charge in [-0.3, -0.25) is 4.79 Å². The van der Waals surface area contributed by atoms with Crippen LogP contribution >= 0.6 is 0 Å². The van der Waals surface area contributed by atoms with Crippen molar-refractivity contribution in [2.45, 2.75) is 73.1 Å². The Morgan fingerprint density at radius 1 is 1.03 bits per heavy atom. The predicted molar refractivity (Wildman–Crippen MR) is 142 cm³/mol. The molecule has 3 aromatic rings. The minimum atomic E-state index is -0.615. The Hall–Kier alpha value is -3.28. The molecule has 1 heterocycles. The van der Waals surface area contributed by atoms with Crippen molar-refractivity contribution < 1.29 is 14.3 Å². The lowest BCUT2D eigenvalue weighted by atomic mass is 10.0. The van der Waals surface area contributed by atoms with Gasteiger partial charge in [-0.25, -0.2) is 4.79 Å². The van der Waals surface area contributed by atoms with E-state index in [-0.39, 0.29) is 18.0 Å². The summed E-state index contributed by atoms with van der Waals surface area (Å²) in [5.41, 5.74) is 2.02. The number of rotatable bonds is 9. The molecule has 0 spiro atoms. The highest BCUT2D eigenvalue weighted by molar-refractivity contribution is 5.92. The zero-order valence-corrected chi connectivity index (χ0v) is 21.8. The number of fused-ring (bicyclic) bond motifs is 1. The second-order valence-corrected chi connectivity index (χ2v) is 10.3. The number of nitrogens with one attached hydrogen (secondary N) is 1. The number of benzene rings is 2. The first-order chi connectivity index (χ1) is 16.6. The molecule has 1 amide bonds. The van der Waals surface area contributed by atoms with E-state index in [1.165, 1.54) is 0 Å². The van der Waals surface area contributed by atoms with Crippen LogP contribution in [0.25, 0.3) is 21.9 Å². The molecule has 0 bridgehead atoms. The Morgan fingerprint density at radius 2 is 1.74 bits per heavy atom. The standard InChI is InChI=1S/C29H38N2O4/c1-7-8-16-34-26-24-17-22(21-12-10-9-11-13-21)14-15-23(24)27(32)31(19-20(2)3)25(26)18-30-28(33)35-29(4,5)6/h9-15,17,20H,7-8,16,18-19H2,1-6H3,(H,30,33). The van der Waals surface area contributed by atoms with Crippen molar-refractivity contribution in [2.24, 2.45) is 5.92 Å². The molecule has 0 aliphatic heterocycles. The number of carbonyl (C=O) groups is 1. The molecule has 0 saturated heterocycles. The fourth-order valence-electron chi connectivity index (χ4n) is 3.96. The van der Waals surface area contributed by atoms with E-state index >= 15 is 0 Å². The summed E-state index contributed by atoms with van der Waals surface area (Å²) in [6.07, 6.45) is 1.35. The smallest absolute Gasteiger partial charge is 0.407 e. The highest BCUT2D eigenvalue weighted by atomic mass is 16.6. The van der Waals surface area contributed by atoms with Crippen molar-refractivity contribution in [3.8, 4) is 16.9 Å². The van der Waals surface area contributed by atoms with Crippen LogP contribution in [0.4, 0.5) is 4.79 Å². The van der Waals surface area contributed by atoms with Gasteiger partial charge in [-0.1, -0.05) is 63.6 Å². The van der Waals surface area contributed by atoms with Crippen LogP contribution in [0.3, 0.4) is 0 Å². The third-order valence-electron chi connectivity index (χ3n) is 5.53. The molecule has 0 radical (unpaired) electrons. The van der Waals surface area contributed by atoms with Crippen LogP contribution in [0, 0.1) is 5.92 Å². The van der Waals surface area contributed by atoms with Gasteiger partial charge < -0.3 is 19.4 Å². The van der Waals surface area contributed by atoms with E-state index in [1.807, 2.05) is 69.3 Å². The molecule has 188 valence electrons. The summed E-state index contributed by atoms with van der Waals surface area (Å²) in [5, 5.41) is 4.20. The Morgan fingerprint density at radius 3 is 2.37 bits per heavy atom. The van der Waals surface area contributed by atoms with Crippen LogP contribution in [0.2, 0.25) is 0 Å². The maximum atomic E-state index is 13.7. The highest BCUT2D eigenvalue weighted by Crippen LogP contribution is 2.32. The molecule has 0 atom stereocenters. The van der Waals surface area contributed by atoms with Gasteiger partial charge in [-0.05, 0) is 56.4 Å². The number of hydrogen-bond acceptors (Lipinski definition) is 4. The second-order valence-electron chi connectivity index (χ2n) is 10.3. The van der Waals surface area contributed by atoms with Gasteiger partial charge in [0.25, 0.3) is 5.56 Å². The third-order valence-corrected chi connectivity index (χ3v) is 5.53. The van der Waals surface area contributed by atoms with Crippen molar-refractivity contribution in [3.63, 3.8) is 0 Å². The average molecular weight is 479 g/mol. The van der Waals surface area contributed by atoms with E-state index in [0.717, 1.165) is 29.4 Å². The zero-order valence-electron chi connectivity index (χ0n) is 21.8. The lowest BCUT2D eigenvalue weighted by molar-refractivity contribution is 0.0521. The molecule has 0 saturated carbocycles. The zero-order chi connectivity index (χ0) is 25.6. The van der Waals surface area contributed by atoms with Crippen LogP contribution in [0.15, 0.2) is 53.3 Å². The fourth-order valence-corrected chi connectivity index (χ4v) is 3.96. The molecule has 0 aliphatic carbocycles. The predicted octanol–water partition coefficient (Wildman–Crippen LogP) is 6.53. The molecule has 0 unspecified atom stereocenters. The molecule has 0 fully saturated rings. The highest BCUT2D eigenvalue weighted by Gasteiger charge is 2.22. The Kier molecular flexibility index (Phi) is 8.60. The van der Waals surface area contributed by atoms with Gasteiger partial charge in [-0.2, -0.15) is 0 Å². The minimum absolute atomic E-state index is 0.0860. The molecular formula is C29H38N2O4. The number of carbonyl (C=O) groups excluding carboxylic acids is 1. The normalized spacial score (nSPS) is 11.6. The van der Waals surface area contributed by atoms with Crippen molar-refractivity contribution >= 4 is 16.9 Å². The summed E-state index contributed by atoms with van der Waals surface area (Å²) in [5.74, 6) is 0.875. The van der Waals surface area contributed by atoms with Crippen LogP contribution in [0.5, 0.6) is 5.75 Å². The largest absolute Gasteiger partial charge is 0.491 e. The maximum absolute atomic E-state index is 13.7. The summed E-state index contributed by atoms with van der Waals surface area (Å²) < 4.78 is 13.5. The van der Waals surface area contributed by atoms with Gasteiger partial charge in [-0.15, -0.1) is 0 Å². The summed E-state index contributed by atoms with van der Waals surface area (Å²) in [6, 6.07) is 15.9. The molecule has 3 rings (SSSR count). The quantitative estimate of drug-likeness (QED) is 0.355. The number of nitrogens with zero attached hydrogens (tertiary/aromatic N) is 1. The van der Waals surface area contributed by atoms with Crippen LogP contribution in [0.1, 0.15) is 60.1 Å². The molecule has 1 N–H and O–H groups in total. The first-order valence-electron chi connectivity index (χ1n) is 12.4. The van der Waals surface area contributed by atoms with E-state index in [9.17, 15) is 9.59 Å². The molecule has 0 aliphatic rings. The number of aromatic nitrogens is 1.